The Morgan fingerprint density at radius 1 is 1.00 bits per heavy atom. The minimum Gasteiger partial charge on any atom is -0.504 e. The molecule has 0 bridgehead atoms. The van der Waals surface area contributed by atoms with Crippen LogP contribution in [0.15, 0.2) is 81.4 Å². The molecule has 7 nitrogen and oxygen atoms in total. The Balaban J connectivity index is 1.48. The van der Waals surface area contributed by atoms with Gasteiger partial charge in [-0.15, -0.1) is 0 Å². The van der Waals surface area contributed by atoms with E-state index in [4.69, 9.17) is 4.74 Å². The number of nitrogens with zero attached hydrogens (tertiary/aromatic N) is 1. The Labute approximate surface area is 227 Å². The molecular formula is C30H24BrNO6. The van der Waals surface area contributed by atoms with E-state index in [9.17, 15) is 24.3 Å². The van der Waals surface area contributed by atoms with Crippen molar-refractivity contribution in [2.75, 3.05) is 12.0 Å². The van der Waals surface area contributed by atoms with Crippen LogP contribution in [0.4, 0.5) is 5.69 Å². The summed E-state index contributed by atoms with van der Waals surface area (Å²) in [7, 11) is 1.45. The van der Waals surface area contributed by atoms with E-state index in [-0.39, 0.29) is 41.3 Å². The molecule has 1 fully saturated rings. The average molecular weight is 574 g/mol. The molecule has 1 heterocycles. The molecule has 0 aromatic heterocycles. The van der Waals surface area contributed by atoms with Gasteiger partial charge < -0.3 is 9.84 Å². The second-order valence-corrected chi connectivity index (χ2v) is 11.1. The Kier molecular flexibility index (Phi) is 5.76. The van der Waals surface area contributed by atoms with Gasteiger partial charge in [0.05, 0.1) is 24.6 Å². The fourth-order valence-electron chi connectivity index (χ4n) is 6.47. The largest absolute Gasteiger partial charge is 0.504 e. The maximum absolute atomic E-state index is 13.9. The lowest BCUT2D eigenvalue weighted by atomic mass is 9.59. The van der Waals surface area contributed by atoms with Gasteiger partial charge in [0, 0.05) is 27.1 Å². The van der Waals surface area contributed by atoms with Crippen LogP contribution >= 0.6 is 15.9 Å². The monoisotopic (exact) mass is 573 g/mol. The van der Waals surface area contributed by atoms with E-state index in [0.29, 0.717) is 34.4 Å². The third-order valence-corrected chi connectivity index (χ3v) is 8.71. The minimum atomic E-state index is -0.649. The molecule has 6 rings (SSSR count). The van der Waals surface area contributed by atoms with Crippen LogP contribution in [0.3, 0.4) is 0 Å². The molecule has 192 valence electrons. The first-order valence-electron chi connectivity index (χ1n) is 12.4. The Bertz CT molecular complexity index is 1530. The van der Waals surface area contributed by atoms with E-state index >= 15 is 0 Å². The highest BCUT2D eigenvalue weighted by molar-refractivity contribution is 9.10. The SMILES string of the molecule is COc1ccc(C2C3=CCC4C(=O)N(c5ccc(Br)cc5)C(=O)C4C3CC3=C2C(=O)C(C)=CC3=O)cc1O. The van der Waals surface area contributed by atoms with Gasteiger partial charge in [0.1, 0.15) is 0 Å². The number of anilines is 1. The number of hydrogen-bond acceptors (Lipinski definition) is 6. The van der Waals surface area contributed by atoms with E-state index < -0.39 is 23.7 Å². The van der Waals surface area contributed by atoms with Gasteiger partial charge in [0.15, 0.2) is 23.1 Å². The lowest BCUT2D eigenvalue weighted by Gasteiger charge is -2.42. The highest BCUT2D eigenvalue weighted by Crippen LogP contribution is 2.55. The molecular weight excluding hydrogens is 550 g/mol. The second kappa shape index (κ2) is 8.91. The number of benzene rings is 2. The number of Topliss-reactive ketones (excluding diaryl/α,β-unsaturated/α-hetero) is 1. The lowest BCUT2D eigenvalue weighted by molar-refractivity contribution is -0.123. The molecule has 2 aromatic rings. The van der Waals surface area contributed by atoms with Gasteiger partial charge in [-0.25, -0.2) is 0 Å². The molecule has 0 spiro atoms. The second-order valence-electron chi connectivity index (χ2n) is 10.1. The topological polar surface area (TPSA) is 101 Å². The summed E-state index contributed by atoms with van der Waals surface area (Å²) in [4.78, 5) is 55.3. The van der Waals surface area contributed by atoms with Crippen LogP contribution in [-0.4, -0.2) is 35.6 Å². The van der Waals surface area contributed by atoms with E-state index in [0.717, 1.165) is 10.0 Å². The van der Waals surface area contributed by atoms with E-state index in [2.05, 4.69) is 15.9 Å². The molecule has 4 unspecified atom stereocenters. The molecule has 4 aliphatic rings. The van der Waals surface area contributed by atoms with Gasteiger partial charge in [-0.2, -0.15) is 0 Å². The quantitative estimate of drug-likeness (QED) is 0.321. The van der Waals surface area contributed by atoms with Crippen LogP contribution in [0.25, 0.3) is 0 Å². The molecule has 2 aromatic carbocycles. The number of ketones is 2. The smallest absolute Gasteiger partial charge is 0.238 e. The number of amides is 2. The predicted octanol–water partition coefficient (Wildman–Crippen LogP) is 4.80. The number of carbonyl (C=O) groups excluding carboxylic acids is 4. The maximum atomic E-state index is 13.9. The summed E-state index contributed by atoms with van der Waals surface area (Å²) < 4.78 is 6.04. The average Bonchev–Trinajstić information content (AvgIpc) is 3.16. The first-order chi connectivity index (χ1) is 18.2. The number of imide groups is 1. The number of ether oxygens (including phenoxy) is 1. The number of hydrogen-bond donors (Lipinski definition) is 1. The zero-order valence-corrected chi connectivity index (χ0v) is 22.3. The van der Waals surface area contributed by atoms with Crippen LogP contribution in [0, 0.1) is 17.8 Å². The standard InChI is InChI=1S/C30H24BrNO6/c1-14-11-22(33)21-13-20-18(25(27(21)28(14)35)15-3-10-24(38-2)23(34)12-15)8-9-19-26(20)30(37)32(29(19)36)17-6-4-16(31)5-7-17/h3-8,10-12,19-20,25-26,34H,9,13H2,1-2H3. The van der Waals surface area contributed by atoms with Crippen molar-refractivity contribution in [3.05, 3.63) is 86.9 Å². The molecule has 2 amide bonds. The molecule has 4 atom stereocenters. The van der Waals surface area contributed by atoms with Crippen LogP contribution in [0.5, 0.6) is 11.5 Å². The van der Waals surface area contributed by atoms with Crippen molar-refractivity contribution in [3.63, 3.8) is 0 Å². The highest BCUT2D eigenvalue weighted by atomic mass is 79.9. The van der Waals surface area contributed by atoms with Gasteiger partial charge in [-0.05, 0) is 73.7 Å². The molecule has 0 radical (unpaired) electrons. The summed E-state index contributed by atoms with van der Waals surface area (Å²) in [6.07, 6.45) is 3.88. The van der Waals surface area contributed by atoms with Crippen LogP contribution < -0.4 is 9.64 Å². The van der Waals surface area contributed by atoms with E-state index in [1.54, 1.807) is 49.4 Å². The number of fused-ring (bicyclic) bond motifs is 3. The van der Waals surface area contributed by atoms with Crippen LogP contribution in [-0.2, 0) is 19.2 Å². The van der Waals surface area contributed by atoms with E-state index in [1.807, 2.05) is 6.08 Å². The van der Waals surface area contributed by atoms with Crippen LogP contribution in [0.1, 0.15) is 31.2 Å². The fourth-order valence-corrected chi connectivity index (χ4v) is 6.74. The van der Waals surface area contributed by atoms with Crippen molar-refractivity contribution < 1.29 is 29.0 Å². The molecule has 38 heavy (non-hydrogen) atoms. The molecule has 1 saturated heterocycles. The van der Waals surface area contributed by atoms with Gasteiger partial charge in [-0.3, -0.25) is 24.1 Å². The van der Waals surface area contributed by atoms with Crippen molar-refractivity contribution >= 4 is 45.0 Å². The van der Waals surface area contributed by atoms with Crippen molar-refractivity contribution in [1.82, 2.24) is 0 Å². The third-order valence-electron chi connectivity index (χ3n) is 8.19. The lowest BCUT2D eigenvalue weighted by Crippen LogP contribution is -2.39. The number of methoxy groups -OCH3 is 1. The predicted molar refractivity (Wildman–Crippen MR) is 143 cm³/mol. The zero-order valence-electron chi connectivity index (χ0n) is 20.7. The van der Waals surface area contributed by atoms with Gasteiger partial charge in [0.2, 0.25) is 11.8 Å². The summed E-state index contributed by atoms with van der Waals surface area (Å²) in [6, 6.07) is 12.0. The molecule has 0 saturated carbocycles. The highest BCUT2D eigenvalue weighted by Gasteiger charge is 2.56. The summed E-state index contributed by atoms with van der Waals surface area (Å²) in [6.45, 7) is 1.62. The summed E-state index contributed by atoms with van der Waals surface area (Å²) in [5, 5.41) is 10.6. The fraction of sp³-hybridized carbons (Fsp3) is 0.267. The summed E-state index contributed by atoms with van der Waals surface area (Å²) in [5.74, 6) is -3.04. The van der Waals surface area contributed by atoms with Crippen molar-refractivity contribution in [1.29, 1.82) is 0 Å². The number of rotatable bonds is 3. The molecule has 3 aliphatic carbocycles. The number of halogens is 1. The Morgan fingerprint density at radius 3 is 2.42 bits per heavy atom. The number of allylic oxidation sites excluding steroid dienone is 6. The Hall–Kier alpha value is -3.78. The number of aromatic hydroxyl groups is 1. The van der Waals surface area contributed by atoms with Crippen molar-refractivity contribution in [2.45, 2.75) is 25.7 Å². The van der Waals surface area contributed by atoms with Gasteiger partial charge in [0.25, 0.3) is 0 Å². The van der Waals surface area contributed by atoms with Crippen molar-refractivity contribution in [3.8, 4) is 11.5 Å². The molecule has 1 aliphatic heterocycles. The minimum absolute atomic E-state index is 0.0843. The normalized spacial score (nSPS) is 26.6. The van der Waals surface area contributed by atoms with E-state index in [1.165, 1.54) is 18.1 Å². The number of carbonyl (C=O) groups is 4. The zero-order chi connectivity index (χ0) is 26.9. The Morgan fingerprint density at radius 2 is 1.74 bits per heavy atom. The first kappa shape index (κ1) is 24.6. The van der Waals surface area contributed by atoms with Gasteiger partial charge in [-0.1, -0.05) is 33.6 Å². The number of phenolic OH excluding ortho intramolecular Hbond substituents is 1. The summed E-state index contributed by atoms with van der Waals surface area (Å²) >= 11 is 3.39. The molecule has 8 heteroatoms. The molecule has 1 N–H and O–H groups in total. The third kappa shape index (κ3) is 3.54. The van der Waals surface area contributed by atoms with Crippen LogP contribution in [0.2, 0.25) is 0 Å². The number of phenols is 1. The summed E-state index contributed by atoms with van der Waals surface area (Å²) in [5.41, 5.74) is 3.10. The van der Waals surface area contributed by atoms with Gasteiger partial charge >= 0.3 is 0 Å². The maximum Gasteiger partial charge on any atom is 0.238 e. The first-order valence-corrected chi connectivity index (χ1v) is 13.2. The van der Waals surface area contributed by atoms with Crippen molar-refractivity contribution in [2.24, 2.45) is 17.8 Å².